The summed E-state index contributed by atoms with van der Waals surface area (Å²) < 4.78 is 33.7. The molecule has 30 heavy (non-hydrogen) atoms. The summed E-state index contributed by atoms with van der Waals surface area (Å²) in [4.78, 5) is 4.41. The summed E-state index contributed by atoms with van der Waals surface area (Å²) in [6.45, 7) is -0.208. The van der Waals surface area contributed by atoms with Crippen LogP contribution in [-0.2, 0) is 4.74 Å². The van der Waals surface area contributed by atoms with Gasteiger partial charge in [0.25, 0.3) is 0 Å². The molecule has 162 valence electrons. The molecule has 0 aromatic carbocycles. The van der Waals surface area contributed by atoms with E-state index in [2.05, 4.69) is 20.5 Å². The third-order valence-corrected chi connectivity index (χ3v) is 5.56. The van der Waals surface area contributed by atoms with Crippen LogP contribution in [0.15, 0.2) is 24.7 Å². The van der Waals surface area contributed by atoms with E-state index in [1.807, 2.05) is 17.5 Å². The fourth-order valence-electron chi connectivity index (χ4n) is 4.07. The van der Waals surface area contributed by atoms with Crippen LogP contribution < -0.4 is 5.32 Å². The number of halogens is 2. The first kappa shape index (κ1) is 20.7. The molecule has 1 atom stereocenters. The van der Waals surface area contributed by atoms with E-state index in [4.69, 9.17) is 4.74 Å². The number of nitrogens with one attached hydrogen (secondary N) is 1. The molecule has 1 fully saturated rings. The molecule has 1 saturated carbocycles. The first-order valence-corrected chi connectivity index (χ1v) is 10.1. The van der Waals surface area contributed by atoms with Crippen molar-refractivity contribution in [1.29, 1.82) is 0 Å². The molecule has 0 unspecified atom stereocenters. The third-order valence-electron chi connectivity index (χ3n) is 5.56. The van der Waals surface area contributed by atoms with Crippen molar-refractivity contribution in [1.82, 2.24) is 24.4 Å². The number of hydrogen-bond acceptors (Lipinski definition) is 6. The molecular weight excluding hydrogens is 394 g/mol. The van der Waals surface area contributed by atoms with Crippen molar-refractivity contribution in [2.24, 2.45) is 0 Å². The van der Waals surface area contributed by atoms with Crippen LogP contribution in [0, 0.1) is 0 Å². The monoisotopic (exact) mass is 420 g/mol. The number of aliphatic hydroxyl groups excluding tert-OH is 1. The molecule has 0 radical (unpaired) electrons. The first-order chi connectivity index (χ1) is 14.5. The summed E-state index contributed by atoms with van der Waals surface area (Å²) >= 11 is 0. The quantitative estimate of drug-likeness (QED) is 0.609. The number of hydrogen-bond donors (Lipinski definition) is 2. The molecular formula is C20H26F2N6O2. The lowest BCUT2D eigenvalue weighted by atomic mass is 9.85. The number of anilines is 1. The lowest BCUT2D eigenvalue weighted by Crippen LogP contribution is -2.23. The van der Waals surface area contributed by atoms with Crippen molar-refractivity contribution < 1.29 is 18.6 Å². The summed E-state index contributed by atoms with van der Waals surface area (Å²) in [7, 11) is 1.63. The maximum Gasteiger partial charge on any atom is 0.333 e. The smallest absolute Gasteiger partial charge is 0.333 e. The van der Waals surface area contributed by atoms with Gasteiger partial charge in [0.05, 0.1) is 30.6 Å². The number of aliphatic hydroxyl groups is 1. The Morgan fingerprint density at radius 2 is 2.03 bits per heavy atom. The minimum atomic E-state index is -2.69. The Hall–Kier alpha value is -2.59. The van der Waals surface area contributed by atoms with E-state index >= 15 is 0 Å². The second-order valence-electron chi connectivity index (χ2n) is 7.85. The zero-order valence-corrected chi connectivity index (χ0v) is 17.0. The zero-order chi connectivity index (χ0) is 21.3. The minimum Gasteiger partial charge on any atom is -0.393 e. The molecule has 3 aromatic rings. The average Bonchev–Trinajstić information content (AvgIpc) is 3.34. The summed E-state index contributed by atoms with van der Waals surface area (Å²) in [6.07, 6.45) is 7.36. The van der Waals surface area contributed by atoms with Gasteiger partial charge in [0, 0.05) is 42.1 Å². The van der Waals surface area contributed by atoms with Gasteiger partial charge in [-0.3, -0.25) is 0 Å². The maximum absolute atomic E-state index is 13.0. The summed E-state index contributed by atoms with van der Waals surface area (Å²) in [5.74, 6) is 0.688. The van der Waals surface area contributed by atoms with Gasteiger partial charge in [-0.15, -0.1) is 5.10 Å². The normalized spacial score (nSPS) is 20.7. The van der Waals surface area contributed by atoms with Crippen LogP contribution in [-0.4, -0.2) is 55.3 Å². The molecule has 0 bridgehead atoms. The molecule has 0 spiro atoms. The van der Waals surface area contributed by atoms with Crippen LogP contribution in [0.4, 0.5) is 14.7 Å². The Bertz CT molecular complexity index is 997. The highest BCUT2D eigenvalue weighted by Crippen LogP contribution is 2.37. The van der Waals surface area contributed by atoms with Crippen molar-refractivity contribution >= 4 is 11.5 Å². The van der Waals surface area contributed by atoms with E-state index in [0.29, 0.717) is 22.8 Å². The third kappa shape index (κ3) is 4.15. The van der Waals surface area contributed by atoms with E-state index in [-0.39, 0.29) is 18.1 Å². The predicted octanol–water partition coefficient (Wildman–Crippen LogP) is 3.45. The first-order valence-electron chi connectivity index (χ1n) is 10.1. The van der Waals surface area contributed by atoms with Crippen LogP contribution in [0.5, 0.6) is 0 Å². The second kappa shape index (κ2) is 8.65. The fourth-order valence-corrected chi connectivity index (χ4v) is 4.07. The summed E-state index contributed by atoms with van der Waals surface area (Å²) in [5, 5.41) is 21.5. The van der Waals surface area contributed by atoms with E-state index in [1.165, 1.54) is 12.4 Å². The summed E-state index contributed by atoms with van der Waals surface area (Å²) in [5.41, 5.74) is 3.07. The number of fused-ring (bicyclic) bond motifs is 1. The van der Waals surface area contributed by atoms with Gasteiger partial charge in [-0.25, -0.2) is 14.2 Å². The largest absolute Gasteiger partial charge is 0.393 e. The highest BCUT2D eigenvalue weighted by Gasteiger charge is 2.26. The maximum atomic E-state index is 13.0. The number of nitrogens with zero attached hydrogens (tertiary/aromatic N) is 5. The summed E-state index contributed by atoms with van der Waals surface area (Å²) in [6, 6.07) is 2.02. The van der Waals surface area contributed by atoms with Crippen LogP contribution in [0.1, 0.15) is 50.8 Å². The molecule has 10 heteroatoms. The fraction of sp³-hybridized carbons (Fsp3) is 0.550. The SMILES string of the molecule is COC[C@H](C)Nc1ncc2c(-c3cnn(C(F)F)c3)cc(C3CCC(O)CC3)n2n1. The van der Waals surface area contributed by atoms with E-state index < -0.39 is 6.55 Å². The Morgan fingerprint density at radius 1 is 1.27 bits per heavy atom. The average molecular weight is 420 g/mol. The Balaban J connectivity index is 1.76. The Labute approximate surface area is 172 Å². The van der Waals surface area contributed by atoms with Crippen molar-refractivity contribution in [3.63, 3.8) is 0 Å². The van der Waals surface area contributed by atoms with Gasteiger partial charge in [0.2, 0.25) is 5.95 Å². The molecule has 2 N–H and O–H groups in total. The highest BCUT2D eigenvalue weighted by atomic mass is 19.3. The molecule has 1 aliphatic rings. The predicted molar refractivity (Wildman–Crippen MR) is 108 cm³/mol. The van der Waals surface area contributed by atoms with Crippen molar-refractivity contribution in [3.05, 3.63) is 30.4 Å². The van der Waals surface area contributed by atoms with Crippen LogP contribution in [0.25, 0.3) is 16.6 Å². The van der Waals surface area contributed by atoms with Gasteiger partial charge in [-0.05, 0) is 38.7 Å². The van der Waals surface area contributed by atoms with Crippen molar-refractivity contribution in [2.45, 2.75) is 57.2 Å². The van der Waals surface area contributed by atoms with Gasteiger partial charge >= 0.3 is 6.55 Å². The lowest BCUT2D eigenvalue weighted by molar-refractivity contribution is 0.0566. The van der Waals surface area contributed by atoms with Crippen LogP contribution in [0.2, 0.25) is 0 Å². The van der Waals surface area contributed by atoms with Crippen molar-refractivity contribution in [3.8, 4) is 11.1 Å². The van der Waals surface area contributed by atoms with Gasteiger partial charge < -0.3 is 15.2 Å². The second-order valence-corrected chi connectivity index (χ2v) is 7.85. The minimum absolute atomic E-state index is 0.0278. The Morgan fingerprint density at radius 3 is 2.70 bits per heavy atom. The van der Waals surface area contributed by atoms with E-state index in [9.17, 15) is 13.9 Å². The number of rotatable bonds is 7. The standard InChI is InChI=1S/C20H26F2N6O2/c1-12(11-30-2)25-20-23-9-18-16(14-8-24-27(10-14)19(21)22)7-17(28(18)26-20)13-3-5-15(29)6-4-13/h7-10,12-13,15,19,29H,3-6,11H2,1-2H3,(H,25,26)/t12-,13?,15?/m0/s1. The van der Waals surface area contributed by atoms with Crippen molar-refractivity contribution in [2.75, 3.05) is 19.0 Å². The molecule has 0 saturated heterocycles. The molecule has 4 rings (SSSR count). The highest BCUT2D eigenvalue weighted by molar-refractivity contribution is 5.81. The van der Waals surface area contributed by atoms with E-state index in [1.54, 1.807) is 13.3 Å². The molecule has 3 aromatic heterocycles. The van der Waals surface area contributed by atoms with Crippen LogP contribution in [0.3, 0.4) is 0 Å². The van der Waals surface area contributed by atoms with Gasteiger partial charge in [-0.1, -0.05) is 0 Å². The van der Waals surface area contributed by atoms with Crippen LogP contribution >= 0.6 is 0 Å². The van der Waals surface area contributed by atoms with Gasteiger partial charge in [-0.2, -0.15) is 13.9 Å². The zero-order valence-electron chi connectivity index (χ0n) is 17.0. The molecule has 8 nitrogen and oxygen atoms in total. The van der Waals surface area contributed by atoms with Gasteiger partial charge in [0.1, 0.15) is 0 Å². The molecule has 3 heterocycles. The molecule has 1 aliphatic carbocycles. The number of ether oxygens (including phenoxy) is 1. The van der Waals surface area contributed by atoms with Gasteiger partial charge in [0.15, 0.2) is 0 Å². The number of methoxy groups -OCH3 is 1. The van der Waals surface area contributed by atoms with E-state index in [0.717, 1.165) is 42.5 Å². The Kier molecular flexibility index (Phi) is 5.96. The number of alkyl halides is 2. The lowest BCUT2D eigenvalue weighted by Gasteiger charge is -2.25. The number of aromatic nitrogens is 5. The topological polar surface area (TPSA) is 89.5 Å². The molecule has 0 aliphatic heterocycles. The molecule has 0 amide bonds.